The highest BCUT2D eigenvalue weighted by molar-refractivity contribution is 7.89. The molecule has 2 aliphatic rings. The van der Waals surface area contributed by atoms with Gasteiger partial charge in [0.2, 0.25) is 15.9 Å². The number of carbonyl (C=O) groups is 1. The van der Waals surface area contributed by atoms with E-state index < -0.39 is 15.7 Å². The fraction of sp³-hybridized carbons (Fsp3) is 0.632. The Morgan fingerprint density at radius 2 is 1.86 bits per heavy atom. The van der Waals surface area contributed by atoms with Crippen LogP contribution in [0.25, 0.3) is 0 Å². The van der Waals surface area contributed by atoms with Crippen molar-refractivity contribution in [3.63, 3.8) is 0 Å². The van der Waals surface area contributed by atoms with Crippen LogP contribution in [0.2, 0.25) is 10.0 Å². The summed E-state index contributed by atoms with van der Waals surface area (Å²) in [5.74, 6) is 0.358. The van der Waals surface area contributed by atoms with E-state index >= 15 is 0 Å². The standard InChI is InChI=1S/C19H27Cl2N3O3S/c1-4-13(3)17-18(25)24(5-2)19(22-17)8-10-23(11-9-19)28(26,27)14-6-7-15(20)16(21)12-14/h6-7,12-13,17,22H,4-5,8-11H2,1-3H3/t13-,17-/m0/s1. The minimum Gasteiger partial charge on any atom is -0.323 e. The molecule has 0 radical (unpaired) electrons. The van der Waals surface area contributed by atoms with Crippen LogP contribution >= 0.6 is 23.2 Å². The van der Waals surface area contributed by atoms with Crippen molar-refractivity contribution in [2.24, 2.45) is 5.92 Å². The molecule has 28 heavy (non-hydrogen) atoms. The molecule has 9 heteroatoms. The number of carbonyl (C=O) groups excluding carboxylic acids is 1. The van der Waals surface area contributed by atoms with E-state index in [0.717, 1.165) is 6.42 Å². The molecule has 2 fully saturated rings. The lowest BCUT2D eigenvalue weighted by Gasteiger charge is -2.44. The summed E-state index contributed by atoms with van der Waals surface area (Å²) in [4.78, 5) is 14.9. The molecule has 2 atom stereocenters. The monoisotopic (exact) mass is 447 g/mol. The molecule has 0 saturated carbocycles. The highest BCUT2D eigenvalue weighted by Gasteiger charge is 2.52. The van der Waals surface area contributed by atoms with E-state index in [4.69, 9.17) is 23.2 Å². The summed E-state index contributed by atoms with van der Waals surface area (Å²) in [7, 11) is -3.66. The largest absolute Gasteiger partial charge is 0.323 e. The van der Waals surface area contributed by atoms with E-state index in [1.807, 2.05) is 11.8 Å². The normalized spacial score (nSPS) is 24.1. The third kappa shape index (κ3) is 3.67. The molecule has 3 rings (SSSR count). The topological polar surface area (TPSA) is 69.7 Å². The van der Waals surface area contributed by atoms with E-state index in [1.54, 1.807) is 0 Å². The van der Waals surface area contributed by atoms with Crippen molar-refractivity contribution in [1.82, 2.24) is 14.5 Å². The number of halogens is 2. The van der Waals surface area contributed by atoms with E-state index in [-0.39, 0.29) is 27.8 Å². The van der Waals surface area contributed by atoms with Crippen LogP contribution in [0, 0.1) is 5.92 Å². The summed E-state index contributed by atoms with van der Waals surface area (Å²) in [6.45, 7) is 7.41. The Balaban J connectivity index is 1.79. The molecule has 0 aromatic heterocycles. The summed E-state index contributed by atoms with van der Waals surface area (Å²) in [6, 6.07) is 4.15. The predicted octanol–water partition coefficient (Wildman–Crippen LogP) is 3.34. The van der Waals surface area contributed by atoms with Gasteiger partial charge in [0.25, 0.3) is 0 Å². The summed E-state index contributed by atoms with van der Waals surface area (Å²) in [5, 5.41) is 4.09. The molecular weight excluding hydrogens is 421 g/mol. The van der Waals surface area contributed by atoms with Gasteiger partial charge in [-0.3, -0.25) is 10.1 Å². The third-order valence-electron chi connectivity index (χ3n) is 6.08. The number of piperidine rings is 1. The van der Waals surface area contributed by atoms with Crippen molar-refractivity contribution in [2.45, 2.75) is 56.6 Å². The molecule has 156 valence electrons. The highest BCUT2D eigenvalue weighted by Crippen LogP contribution is 2.36. The lowest BCUT2D eigenvalue weighted by molar-refractivity contribution is -0.133. The number of benzene rings is 1. The Bertz CT molecular complexity index is 854. The molecular formula is C19H27Cl2N3O3S. The molecule has 0 aliphatic carbocycles. The van der Waals surface area contributed by atoms with Gasteiger partial charge in [0, 0.05) is 19.6 Å². The van der Waals surface area contributed by atoms with Crippen LogP contribution in [0.5, 0.6) is 0 Å². The summed E-state index contributed by atoms with van der Waals surface area (Å²) >= 11 is 11.9. The van der Waals surface area contributed by atoms with Crippen molar-refractivity contribution >= 4 is 39.1 Å². The van der Waals surface area contributed by atoms with Gasteiger partial charge in [0.15, 0.2) is 0 Å². The minimum absolute atomic E-state index is 0.123. The smallest absolute Gasteiger partial charge is 0.243 e. The third-order valence-corrected chi connectivity index (χ3v) is 8.71. The SMILES string of the molecule is CC[C@H](C)[C@@H]1NC2(CCN(S(=O)(=O)c3ccc(Cl)c(Cl)c3)CC2)N(CC)C1=O. The summed E-state index contributed by atoms with van der Waals surface area (Å²) in [5.41, 5.74) is -0.469. The average molecular weight is 448 g/mol. The van der Waals surface area contributed by atoms with Crippen LogP contribution in [0.15, 0.2) is 23.1 Å². The summed E-state index contributed by atoms with van der Waals surface area (Å²) < 4.78 is 27.5. The molecule has 1 spiro atoms. The van der Waals surface area contributed by atoms with Crippen LogP contribution in [0.1, 0.15) is 40.0 Å². The number of hydrogen-bond donors (Lipinski definition) is 1. The fourth-order valence-electron chi connectivity index (χ4n) is 4.18. The van der Waals surface area contributed by atoms with E-state index in [1.165, 1.54) is 22.5 Å². The molecule has 1 N–H and O–H groups in total. The van der Waals surface area contributed by atoms with E-state index in [0.29, 0.717) is 37.5 Å². The van der Waals surface area contributed by atoms with Gasteiger partial charge in [-0.05, 0) is 43.9 Å². The van der Waals surface area contributed by atoms with Crippen molar-refractivity contribution in [3.05, 3.63) is 28.2 Å². The van der Waals surface area contributed by atoms with Gasteiger partial charge >= 0.3 is 0 Å². The van der Waals surface area contributed by atoms with Crippen LogP contribution in [-0.4, -0.2) is 54.9 Å². The number of nitrogens with zero attached hydrogens (tertiary/aromatic N) is 2. The van der Waals surface area contributed by atoms with Gasteiger partial charge in [-0.2, -0.15) is 4.31 Å². The molecule has 1 aromatic carbocycles. The number of likely N-dealkylation sites (N-methyl/N-ethyl adjacent to an activating group) is 1. The first-order chi connectivity index (χ1) is 13.2. The van der Waals surface area contributed by atoms with Gasteiger partial charge in [-0.25, -0.2) is 8.42 Å². The Kier molecular flexibility index (Phi) is 6.32. The Morgan fingerprint density at radius 3 is 2.39 bits per heavy atom. The lowest BCUT2D eigenvalue weighted by Crippen LogP contribution is -2.59. The van der Waals surface area contributed by atoms with Gasteiger partial charge in [-0.15, -0.1) is 0 Å². The zero-order chi connectivity index (χ0) is 20.7. The zero-order valence-electron chi connectivity index (χ0n) is 16.4. The van der Waals surface area contributed by atoms with Gasteiger partial charge in [0.1, 0.15) is 0 Å². The van der Waals surface area contributed by atoms with Gasteiger partial charge in [0.05, 0.1) is 26.6 Å². The Morgan fingerprint density at radius 1 is 1.21 bits per heavy atom. The maximum Gasteiger partial charge on any atom is 0.243 e. The molecule has 6 nitrogen and oxygen atoms in total. The summed E-state index contributed by atoms with van der Waals surface area (Å²) in [6.07, 6.45) is 2.02. The van der Waals surface area contributed by atoms with Crippen molar-refractivity contribution in [1.29, 1.82) is 0 Å². The quantitative estimate of drug-likeness (QED) is 0.750. The number of hydrogen-bond acceptors (Lipinski definition) is 4. The Labute approximate surface area is 177 Å². The van der Waals surface area contributed by atoms with Crippen LogP contribution in [0.4, 0.5) is 0 Å². The van der Waals surface area contributed by atoms with Crippen molar-refractivity contribution < 1.29 is 13.2 Å². The highest BCUT2D eigenvalue weighted by atomic mass is 35.5. The second-order valence-electron chi connectivity index (χ2n) is 7.60. The molecule has 2 heterocycles. The first-order valence-electron chi connectivity index (χ1n) is 9.70. The predicted molar refractivity (Wildman–Crippen MR) is 111 cm³/mol. The van der Waals surface area contributed by atoms with E-state index in [9.17, 15) is 13.2 Å². The number of nitrogens with one attached hydrogen (secondary N) is 1. The van der Waals surface area contributed by atoms with Crippen LogP contribution in [0.3, 0.4) is 0 Å². The first kappa shape index (κ1) is 21.8. The maximum atomic E-state index is 13.0. The maximum absolute atomic E-state index is 13.0. The number of sulfonamides is 1. The second-order valence-corrected chi connectivity index (χ2v) is 10.4. The van der Waals surface area contributed by atoms with Gasteiger partial charge < -0.3 is 4.90 Å². The van der Waals surface area contributed by atoms with Crippen molar-refractivity contribution in [2.75, 3.05) is 19.6 Å². The second kappa shape index (κ2) is 8.11. The zero-order valence-corrected chi connectivity index (χ0v) is 18.7. The lowest BCUT2D eigenvalue weighted by atomic mass is 9.96. The molecule has 0 bridgehead atoms. The van der Waals surface area contributed by atoms with E-state index in [2.05, 4.69) is 19.2 Å². The molecule has 1 aromatic rings. The Hall–Kier alpha value is -0.860. The van der Waals surface area contributed by atoms with Gasteiger partial charge in [-0.1, -0.05) is 43.5 Å². The van der Waals surface area contributed by atoms with Crippen LogP contribution in [-0.2, 0) is 14.8 Å². The molecule has 1 amide bonds. The molecule has 0 unspecified atom stereocenters. The first-order valence-corrected chi connectivity index (χ1v) is 11.9. The fourth-order valence-corrected chi connectivity index (χ4v) is 6.02. The van der Waals surface area contributed by atoms with Crippen molar-refractivity contribution in [3.8, 4) is 0 Å². The molecule has 2 aliphatic heterocycles. The average Bonchev–Trinajstić information content (AvgIpc) is 2.94. The number of rotatable bonds is 5. The molecule has 2 saturated heterocycles. The minimum atomic E-state index is -3.66. The number of amides is 1. The van der Waals surface area contributed by atoms with Crippen LogP contribution < -0.4 is 5.32 Å².